The van der Waals surface area contributed by atoms with Gasteiger partial charge in [-0.15, -0.1) is 0 Å². The summed E-state index contributed by atoms with van der Waals surface area (Å²) in [6, 6.07) is 3.58. The molecule has 1 aromatic carbocycles. The van der Waals surface area contributed by atoms with E-state index in [2.05, 4.69) is 10.6 Å². The lowest BCUT2D eigenvalue weighted by molar-refractivity contribution is 0.0635. The number of phenolic OH excluding ortho intramolecular Hbond substituents is 1. The Kier molecular flexibility index (Phi) is 3.07. The fourth-order valence-corrected chi connectivity index (χ4v) is 1.88. The molecular weight excluding hydrogens is 232 g/mol. The third kappa shape index (κ3) is 2.67. The molecule has 18 heavy (non-hydrogen) atoms. The summed E-state index contributed by atoms with van der Waals surface area (Å²) in [5, 5.41) is 15.7. The van der Waals surface area contributed by atoms with E-state index in [1.54, 1.807) is 26.8 Å². The number of benzene rings is 1. The van der Waals surface area contributed by atoms with Gasteiger partial charge in [-0.3, -0.25) is 5.32 Å². The number of ether oxygens (including phenoxy) is 1. The molecule has 1 aliphatic rings. The molecule has 0 fully saturated rings. The monoisotopic (exact) mass is 250 g/mol. The fourth-order valence-electron chi connectivity index (χ4n) is 1.88. The van der Waals surface area contributed by atoms with Crippen molar-refractivity contribution >= 4 is 17.5 Å². The molecule has 1 aliphatic heterocycles. The minimum atomic E-state index is -0.573. The summed E-state index contributed by atoms with van der Waals surface area (Å²) in [6.45, 7) is 6.17. The Balaban J connectivity index is 2.13. The summed E-state index contributed by atoms with van der Waals surface area (Å²) in [5.74, 6) is 0.0656. The van der Waals surface area contributed by atoms with Crippen LogP contribution in [0.3, 0.4) is 0 Å². The first kappa shape index (κ1) is 12.5. The average molecular weight is 250 g/mol. The normalized spacial score (nSPS) is 13.7. The molecule has 0 aromatic heterocycles. The van der Waals surface area contributed by atoms with Gasteiger partial charge >= 0.3 is 6.09 Å². The molecule has 98 valence electrons. The Morgan fingerprint density at radius 1 is 1.44 bits per heavy atom. The molecular formula is C13H18N2O3. The van der Waals surface area contributed by atoms with Crippen molar-refractivity contribution in [1.82, 2.24) is 0 Å². The Morgan fingerprint density at radius 3 is 2.83 bits per heavy atom. The van der Waals surface area contributed by atoms with Crippen molar-refractivity contribution in [1.29, 1.82) is 0 Å². The molecule has 0 bridgehead atoms. The maximum atomic E-state index is 11.6. The third-order valence-electron chi connectivity index (χ3n) is 2.60. The number of nitrogens with one attached hydrogen (secondary N) is 2. The van der Waals surface area contributed by atoms with Crippen LogP contribution >= 0.6 is 0 Å². The van der Waals surface area contributed by atoms with Gasteiger partial charge in [-0.2, -0.15) is 0 Å². The zero-order valence-electron chi connectivity index (χ0n) is 10.8. The van der Waals surface area contributed by atoms with Crippen LogP contribution in [-0.2, 0) is 11.2 Å². The highest BCUT2D eigenvalue weighted by Gasteiger charge is 2.20. The number of amides is 1. The first-order valence-corrected chi connectivity index (χ1v) is 5.95. The summed E-state index contributed by atoms with van der Waals surface area (Å²) in [7, 11) is 0. The first-order chi connectivity index (χ1) is 8.37. The van der Waals surface area contributed by atoms with Gasteiger partial charge in [0.1, 0.15) is 5.60 Å². The van der Waals surface area contributed by atoms with E-state index >= 15 is 0 Å². The maximum Gasteiger partial charge on any atom is 0.412 e. The number of rotatable bonds is 1. The van der Waals surface area contributed by atoms with Crippen molar-refractivity contribution in [3.05, 3.63) is 17.7 Å². The maximum absolute atomic E-state index is 11.6. The smallest absolute Gasteiger partial charge is 0.412 e. The molecule has 0 unspecified atom stereocenters. The summed E-state index contributed by atoms with van der Waals surface area (Å²) in [5.41, 5.74) is 1.55. The molecule has 5 nitrogen and oxygen atoms in total. The number of carbonyl (C=O) groups is 1. The zero-order valence-corrected chi connectivity index (χ0v) is 10.8. The molecule has 0 saturated carbocycles. The molecule has 0 atom stereocenters. The van der Waals surface area contributed by atoms with Gasteiger partial charge in [0.05, 0.1) is 11.4 Å². The number of fused-ring (bicyclic) bond motifs is 1. The second-order valence-corrected chi connectivity index (χ2v) is 5.30. The van der Waals surface area contributed by atoms with Crippen LogP contribution in [0.15, 0.2) is 12.1 Å². The lowest BCUT2D eigenvalue weighted by Gasteiger charge is -2.20. The van der Waals surface area contributed by atoms with Crippen LogP contribution < -0.4 is 10.6 Å². The first-order valence-electron chi connectivity index (χ1n) is 5.95. The van der Waals surface area contributed by atoms with Crippen LogP contribution in [0, 0.1) is 0 Å². The average Bonchev–Trinajstić information content (AvgIpc) is 2.68. The van der Waals surface area contributed by atoms with Crippen LogP contribution in [0.4, 0.5) is 16.2 Å². The van der Waals surface area contributed by atoms with Crippen molar-refractivity contribution in [3.63, 3.8) is 0 Å². The van der Waals surface area contributed by atoms with Crippen LogP contribution in [0.25, 0.3) is 0 Å². The summed E-state index contributed by atoms with van der Waals surface area (Å²) < 4.78 is 5.13. The van der Waals surface area contributed by atoms with Crippen LogP contribution in [-0.4, -0.2) is 23.3 Å². The summed E-state index contributed by atoms with van der Waals surface area (Å²) >= 11 is 0. The van der Waals surface area contributed by atoms with Crippen LogP contribution in [0.1, 0.15) is 26.3 Å². The Labute approximate surface area is 106 Å². The second-order valence-electron chi connectivity index (χ2n) is 5.30. The van der Waals surface area contributed by atoms with E-state index in [-0.39, 0.29) is 5.75 Å². The van der Waals surface area contributed by atoms with E-state index in [1.165, 1.54) is 0 Å². The highest BCUT2D eigenvalue weighted by molar-refractivity contribution is 5.89. The van der Waals surface area contributed by atoms with Gasteiger partial charge < -0.3 is 15.2 Å². The van der Waals surface area contributed by atoms with Gasteiger partial charge in [-0.05, 0) is 38.8 Å². The Morgan fingerprint density at radius 2 is 2.17 bits per heavy atom. The lowest BCUT2D eigenvalue weighted by Crippen LogP contribution is -2.27. The number of anilines is 2. The van der Waals surface area contributed by atoms with Crippen LogP contribution in [0.2, 0.25) is 0 Å². The SMILES string of the molecule is CC(C)(C)OC(=O)Nc1ccc2c(c1O)NCC2. The Hall–Kier alpha value is -1.91. The molecule has 2 rings (SSSR count). The number of phenols is 1. The molecule has 0 aliphatic carbocycles. The number of carbonyl (C=O) groups excluding carboxylic acids is 1. The highest BCUT2D eigenvalue weighted by Crippen LogP contribution is 2.38. The third-order valence-corrected chi connectivity index (χ3v) is 2.60. The van der Waals surface area contributed by atoms with Crippen molar-refractivity contribution in [2.45, 2.75) is 32.8 Å². The molecule has 0 radical (unpaired) electrons. The topological polar surface area (TPSA) is 70.6 Å². The predicted molar refractivity (Wildman–Crippen MR) is 70.2 cm³/mol. The van der Waals surface area contributed by atoms with Crippen molar-refractivity contribution in [3.8, 4) is 5.75 Å². The van der Waals surface area contributed by atoms with Gasteiger partial charge in [0.15, 0.2) is 5.75 Å². The summed E-state index contributed by atoms with van der Waals surface area (Å²) in [6.07, 6.45) is 0.311. The molecule has 1 aromatic rings. The molecule has 0 spiro atoms. The fraction of sp³-hybridized carbons (Fsp3) is 0.462. The molecule has 3 N–H and O–H groups in total. The second kappa shape index (κ2) is 4.40. The van der Waals surface area contributed by atoms with Gasteiger partial charge in [-0.25, -0.2) is 4.79 Å². The van der Waals surface area contributed by atoms with Crippen LogP contribution in [0.5, 0.6) is 5.75 Å². The largest absolute Gasteiger partial charge is 0.504 e. The van der Waals surface area contributed by atoms with E-state index in [9.17, 15) is 9.90 Å². The minimum absolute atomic E-state index is 0.0656. The quantitative estimate of drug-likeness (QED) is 0.670. The Bertz CT molecular complexity index is 478. The molecule has 0 saturated heterocycles. The van der Waals surface area contributed by atoms with E-state index < -0.39 is 11.7 Å². The van der Waals surface area contributed by atoms with Crippen molar-refractivity contribution in [2.24, 2.45) is 0 Å². The van der Waals surface area contributed by atoms with E-state index in [1.807, 2.05) is 6.07 Å². The van der Waals surface area contributed by atoms with Gasteiger partial charge in [-0.1, -0.05) is 6.07 Å². The number of aromatic hydroxyl groups is 1. The number of hydrogen-bond donors (Lipinski definition) is 3. The number of hydrogen-bond acceptors (Lipinski definition) is 4. The molecule has 1 amide bonds. The molecule has 1 heterocycles. The molecule has 5 heteroatoms. The van der Waals surface area contributed by atoms with E-state index in [4.69, 9.17) is 4.74 Å². The van der Waals surface area contributed by atoms with E-state index in [0.29, 0.717) is 11.4 Å². The zero-order chi connectivity index (χ0) is 13.3. The van der Waals surface area contributed by atoms with Gasteiger partial charge in [0.25, 0.3) is 0 Å². The lowest BCUT2D eigenvalue weighted by atomic mass is 10.1. The summed E-state index contributed by atoms with van der Waals surface area (Å²) in [4.78, 5) is 11.6. The van der Waals surface area contributed by atoms with Gasteiger partial charge in [0, 0.05) is 6.54 Å². The standard InChI is InChI=1S/C13H18N2O3/c1-13(2,3)18-12(17)15-9-5-4-8-6-7-14-10(8)11(9)16/h4-5,14,16H,6-7H2,1-3H3,(H,15,17). The van der Waals surface area contributed by atoms with Crippen molar-refractivity contribution < 1.29 is 14.6 Å². The minimum Gasteiger partial charge on any atom is -0.504 e. The van der Waals surface area contributed by atoms with E-state index in [0.717, 1.165) is 18.5 Å². The highest BCUT2D eigenvalue weighted by atomic mass is 16.6. The van der Waals surface area contributed by atoms with Gasteiger partial charge in [0.2, 0.25) is 0 Å². The van der Waals surface area contributed by atoms with Crippen molar-refractivity contribution in [2.75, 3.05) is 17.2 Å². The predicted octanol–water partition coefficient (Wildman–Crippen LogP) is 2.71.